The van der Waals surface area contributed by atoms with Crippen molar-refractivity contribution in [1.82, 2.24) is 9.55 Å². The van der Waals surface area contributed by atoms with Crippen molar-refractivity contribution in [2.24, 2.45) is 0 Å². The molecule has 11 heteroatoms. The Kier molecular flexibility index (Phi) is 7.69. The summed E-state index contributed by atoms with van der Waals surface area (Å²) in [7, 11) is 0. The van der Waals surface area contributed by atoms with Gasteiger partial charge in [0.05, 0.1) is 24.5 Å². The molecule has 2 atom stereocenters. The van der Waals surface area contributed by atoms with E-state index in [0.29, 0.717) is 40.2 Å². The molecule has 1 saturated heterocycles. The van der Waals surface area contributed by atoms with Gasteiger partial charge in [-0.25, -0.2) is 4.98 Å². The number of hydrogen-bond acceptors (Lipinski definition) is 5. The predicted octanol–water partition coefficient (Wildman–Crippen LogP) is 5.28. The maximum absolute atomic E-state index is 11.6. The van der Waals surface area contributed by atoms with Crippen molar-refractivity contribution in [2.75, 3.05) is 18.5 Å². The molecule has 0 radical (unpaired) electrons. The number of rotatable bonds is 8. The minimum Gasteiger partial charge on any atom is -0.491 e. The number of benzene rings is 2. The average molecular weight is 531 g/mol. The summed E-state index contributed by atoms with van der Waals surface area (Å²) in [5, 5.41) is 3.56. The fourth-order valence-electron chi connectivity index (χ4n) is 3.40. The molecule has 0 saturated carbocycles. The summed E-state index contributed by atoms with van der Waals surface area (Å²) < 4.78 is 20.2. The quantitative estimate of drug-likeness (QED) is 0.401. The van der Waals surface area contributed by atoms with Crippen LogP contribution in [0.5, 0.6) is 5.75 Å². The molecule has 0 aliphatic carbocycles. The molecule has 1 aliphatic rings. The first-order valence-corrected chi connectivity index (χ1v) is 11.5. The summed E-state index contributed by atoms with van der Waals surface area (Å²) in [6, 6.07) is 12.0. The Morgan fingerprint density at radius 2 is 2.03 bits per heavy atom. The number of aromatic nitrogens is 2. The maximum atomic E-state index is 11.6. The lowest BCUT2D eigenvalue weighted by Crippen LogP contribution is -2.34. The molecule has 1 aromatic heterocycles. The third-order valence-electron chi connectivity index (χ3n) is 4.91. The van der Waals surface area contributed by atoms with Crippen LogP contribution in [0, 0.1) is 0 Å². The van der Waals surface area contributed by atoms with E-state index in [1.165, 1.54) is 0 Å². The predicted molar refractivity (Wildman–Crippen MR) is 127 cm³/mol. The van der Waals surface area contributed by atoms with Gasteiger partial charge in [-0.2, -0.15) is 0 Å². The first-order valence-electron chi connectivity index (χ1n) is 9.89. The Morgan fingerprint density at radius 3 is 2.70 bits per heavy atom. The molecule has 2 unspecified atom stereocenters. The highest BCUT2D eigenvalue weighted by Gasteiger charge is 2.45. The zero-order valence-corrected chi connectivity index (χ0v) is 20.1. The highest BCUT2D eigenvalue weighted by Crippen LogP contribution is 2.40. The van der Waals surface area contributed by atoms with Crippen LogP contribution < -0.4 is 10.1 Å². The van der Waals surface area contributed by atoms with Crippen LogP contribution in [0.1, 0.15) is 5.56 Å². The number of hydrogen-bond donors (Lipinski definition) is 1. The van der Waals surface area contributed by atoms with Gasteiger partial charge in [0.25, 0.3) is 5.91 Å². The van der Waals surface area contributed by atoms with E-state index in [9.17, 15) is 4.79 Å². The molecule has 174 valence electrons. The van der Waals surface area contributed by atoms with E-state index in [4.69, 9.17) is 60.6 Å². The number of halogens is 4. The van der Waals surface area contributed by atoms with E-state index in [2.05, 4.69) is 10.3 Å². The zero-order chi connectivity index (χ0) is 23.4. The Hall–Kier alpha value is -2.00. The third-order valence-corrected chi connectivity index (χ3v) is 5.85. The number of alkyl halides is 2. The Morgan fingerprint density at radius 1 is 1.24 bits per heavy atom. The molecule has 1 amide bonds. The van der Waals surface area contributed by atoms with Crippen LogP contribution in [0.4, 0.5) is 5.69 Å². The standard InChI is InChI=1S/C22H19Cl4N3O4/c23-14-1-6-18(19(24)9-14)22(12-29-8-7-27-13-29)32-11-17(33-22)10-31-16-4-2-15(3-5-16)28-21(30)20(25)26/h1-9,13,17,20H,10-12H2,(H,28,30). The molecule has 3 aromatic rings. The van der Waals surface area contributed by atoms with Crippen LogP contribution in [0.25, 0.3) is 0 Å². The highest BCUT2D eigenvalue weighted by atomic mass is 35.5. The molecular formula is C22H19Cl4N3O4. The smallest absolute Gasteiger partial charge is 0.257 e. The number of carbonyl (C=O) groups is 1. The average Bonchev–Trinajstić information content (AvgIpc) is 3.44. The van der Waals surface area contributed by atoms with Crippen molar-refractivity contribution < 1.29 is 19.0 Å². The summed E-state index contributed by atoms with van der Waals surface area (Å²) in [4.78, 5) is 14.5. The first-order chi connectivity index (χ1) is 15.8. The molecule has 1 aliphatic heterocycles. The van der Waals surface area contributed by atoms with Crippen molar-refractivity contribution in [3.05, 3.63) is 76.8 Å². The number of ether oxygens (including phenoxy) is 3. The van der Waals surface area contributed by atoms with Gasteiger partial charge >= 0.3 is 0 Å². The lowest BCUT2D eigenvalue weighted by Gasteiger charge is -2.30. The van der Waals surface area contributed by atoms with Gasteiger partial charge in [0.15, 0.2) is 4.84 Å². The summed E-state index contributed by atoms with van der Waals surface area (Å²) in [6.07, 6.45) is 4.82. The molecule has 33 heavy (non-hydrogen) atoms. The second kappa shape index (κ2) is 10.5. The summed E-state index contributed by atoms with van der Waals surface area (Å²) in [6.45, 7) is 0.893. The van der Waals surface area contributed by atoms with Gasteiger partial charge < -0.3 is 24.1 Å². The van der Waals surface area contributed by atoms with Crippen molar-refractivity contribution in [3.8, 4) is 5.75 Å². The summed E-state index contributed by atoms with van der Waals surface area (Å²) >= 11 is 23.6. The van der Waals surface area contributed by atoms with Gasteiger partial charge in [0.2, 0.25) is 5.79 Å². The number of nitrogens with one attached hydrogen (secondary N) is 1. The Bertz CT molecular complexity index is 1100. The van der Waals surface area contributed by atoms with Gasteiger partial charge in [0.1, 0.15) is 18.5 Å². The Labute approximate surface area is 210 Å². The summed E-state index contributed by atoms with van der Waals surface area (Å²) in [5.74, 6) is -1.02. The monoisotopic (exact) mass is 529 g/mol. The minimum atomic E-state index is -1.14. The molecule has 2 aromatic carbocycles. The van der Waals surface area contributed by atoms with Gasteiger partial charge in [-0.05, 0) is 36.4 Å². The normalized spacial score (nSPS) is 20.2. The van der Waals surface area contributed by atoms with Crippen LogP contribution in [0.15, 0.2) is 61.2 Å². The van der Waals surface area contributed by atoms with Gasteiger partial charge in [-0.15, -0.1) is 0 Å². The third kappa shape index (κ3) is 5.93. The maximum Gasteiger partial charge on any atom is 0.257 e. The van der Waals surface area contributed by atoms with Crippen molar-refractivity contribution in [2.45, 2.75) is 23.3 Å². The number of nitrogens with zero attached hydrogens (tertiary/aromatic N) is 2. The second-order valence-corrected chi connectivity index (χ2v) is 9.23. The van der Waals surface area contributed by atoms with Crippen LogP contribution in [0.3, 0.4) is 0 Å². The lowest BCUT2D eigenvalue weighted by molar-refractivity contribution is -0.189. The van der Waals surface area contributed by atoms with Gasteiger partial charge in [-0.3, -0.25) is 4.79 Å². The van der Waals surface area contributed by atoms with Crippen LogP contribution in [0.2, 0.25) is 10.0 Å². The molecule has 0 bridgehead atoms. The largest absolute Gasteiger partial charge is 0.491 e. The highest BCUT2D eigenvalue weighted by molar-refractivity contribution is 6.54. The van der Waals surface area contributed by atoms with Crippen molar-refractivity contribution in [1.29, 1.82) is 0 Å². The second-order valence-electron chi connectivity index (χ2n) is 7.29. The number of carbonyl (C=O) groups excluding carboxylic acids is 1. The molecule has 0 spiro atoms. The minimum absolute atomic E-state index is 0.244. The molecule has 1 fully saturated rings. The van der Waals surface area contributed by atoms with Crippen molar-refractivity contribution >= 4 is 58.0 Å². The summed E-state index contributed by atoms with van der Waals surface area (Å²) in [5.41, 5.74) is 1.22. The topological polar surface area (TPSA) is 74.6 Å². The number of anilines is 1. The molecule has 7 nitrogen and oxygen atoms in total. The van der Waals surface area contributed by atoms with Gasteiger partial charge in [0, 0.05) is 28.7 Å². The van der Waals surface area contributed by atoms with E-state index in [0.717, 1.165) is 0 Å². The molecule has 1 N–H and O–H groups in total. The van der Waals surface area contributed by atoms with E-state index < -0.39 is 16.5 Å². The fourth-order valence-corrected chi connectivity index (χ4v) is 4.06. The number of imidazole rings is 1. The van der Waals surface area contributed by atoms with Crippen LogP contribution in [-0.2, 0) is 26.6 Å². The molecule has 2 heterocycles. The molecule has 4 rings (SSSR count). The van der Waals surface area contributed by atoms with E-state index >= 15 is 0 Å². The SMILES string of the molecule is O=C(Nc1ccc(OCC2COC(Cn3ccnc3)(c3ccc(Cl)cc3Cl)O2)cc1)C(Cl)Cl. The zero-order valence-electron chi connectivity index (χ0n) is 17.1. The van der Waals surface area contributed by atoms with Gasteiger partial charge in [-0.1, -0.05) is 52.5 Å². The van der Waals surface area contributed by atoms with E-state index in [-0.39, 0.29) is 12.7 Å². The van der Waals surface area contributed by atoms with Crippen molar-refractivity contribution in [3.63, 3.8) is 0 Å². The Balaban J connectivity index is 1.43. The van der Waals surface area contributed by atoms with E-state index in [1.807, 2.05) is 10.8 Å². The first kappa shape index (κ1) is 24.1. The van der Waals surface area contributed by atoms with Crippen LogP contribution in [-0.4, -0.2) is 39.6 Å². The fraction of sp³-hybridized carbons (Fsp3) is 0.273. The lowest BCUT2D eigenvalue weighted by atomic mass is 10.1. The molecular weight excluding hydrogens is 512 g/mol. The van der Waals surface area contributed by atoms with E-state index in [1.54, 1.807) is 55.0 Å². The van der Waals surface area contributed by atoms with Crippen LogP contribution >= 0.6 is 46.4 Å². The number of amides is 1.